The molecular weight excluding hydrogens is 269 g/mol. The van der Waals surface area contributed by atoms with Crippen molar-refractivity contribution >= 4 is 0 Å². The number of aliphatic hydroxyl groups is 1. The molecule has 2 rings (SSSR count). The van der Waals surface area contributed by atoms with Gasteiger partial charge in [0.2, 0.25) is 0 Å². The van der Waals surface area contributed by atoms with Crippen molar-refractivity contribution in [3.63, 3.8) is 0 Å². The Labute approximate surface area is 114 Å². The van der Waals surface area contributed by atoms with E-state index in [1.807, 2.05) is 0 Å². The Kier molecular flexibility index (Phi) is 4.29. The van der Waals surface area contributed by atoms with Crippen molar-refractivity contribution in [3.8, 4) is 5.75 Å². The molecule has 20 heavy (non-hydrogen) atoms. The van der Waals surface area contributed by atoms with Crippen molar-refractivity contribution in [3.05, 3.63) is 65.0 Å². The molecule has 0 saturated heterocycles. The van der Waals surface area contributed by atoms with Gasteiger partial charge < -0.3 is 9.84 Å². The predicted octanol–water partition coefficient (Wildman–Crippen LogP) is 3.74. The number of benzene rings is 2. The Balaban J connectivity index is 2.15. The van der Waals surface area contributed by atoms with E-state index in [9.17, 15) is 18.3 Å². The van der Waals surface area contributed by atoms with Crippen molar-refractivity contribution in [2.75, 3.05) is 0 Å². The molecule has 0 aromatic heterocycles. The van der Waals surface area contributed by atoms with Gasteiger partial charge in [-0.15, -0.1) is 0 Å². The average Bonchev–Trinajstić information content (AvgIpc) is 2.39. The maximum Gasteiger partial charge on any atom is 0.165 e. The van der Waals surface area contributed by atoms with Crippen LogP contribution in [0.1, 0.15) is 24.2 Å². The SMILES string of the molecule is C[C@@H](O)c1ccc(OCc2c(F)cccc2F)c(F)c1. The van der Waals surface area contributed by atoms with Crippen molar-refractivity contribution in [1.29, 1.82) is 0 Å². The Morgan fingerprint density at radius 2 is 1.70 bits per heavy atom. The predicted molar refractivity (Wildman–Crippen MR) is 67.7 cm³/mol. The van der Waals surface area contributed by atoms with Crippen molar-refractivity contribution < 1.29 is 23.0 Å². The van der Waals surface area contributed by atoms with Crippen LogP contribution in [0.5, 0.6) is 5.75 Å². The maximum atomic E-state index is 13.7. The third kappa shape index (κ3) is 3.11. The molecule has 0 amide bonds. The number of halogens is 3. The highest BCUT2D eigenvalue weighted by Crippen LogP contribution is 2.23. The monoisotopic (exact) mass is 282 g/mol. The summed E-state index contributed by atoms with van der Waals surface area (Å²) in [4.78, 5) is 0. The third-order valence-corrected chi connectivity index (χ3v) is 2.87. The molecule has 0 bridgehead atoms. The van der Waals surface area contributed by atoms with E-state index in [1.165, 1.54) is 25.1 Å². The van der Waals surface area contributed by atoms with E-state index in [0.29, 0.717) is 5.56 Å². The minimum absolute atomic E-state index is 0.128. The number of rotatable bonds is 4. The van der Waals surface area contributed by atoms with E-state index >= 15 is 0 Å². The Hall–Kier alpha value is -2.01. The second-order valence-electron chi connectivity index (χ2n) is 4.35. The van der Waals surface area contributed by atoms with E-state index in [4.69, 9.17) is 4.74 Å². The van der Waals surface area contributed by atoms with E-state index in [2.05, 4.69) is 0 Å². The van der Waals surface area contributed by atoms with Gasteiger partial charge >= 0.3 is 0 Å². The van der Waals surface area contributed by atoms with Gasteiger partial charge in [-0.2, -0.15) is 0 Å². The second kappa shape index (κ2) is 5.96. The van der Waals surface area contributed by atoms with E-state index in [0.717, 1.165) is 18.2 Å². The Morgan fingerprint density at radius 3 is 2.25 bits per heavy atom. The fourth-order valence-electron chi connectivity index (χ4n) is 1.71. The minimum atomic E-state index is -0.803. The fraction of sp³-hybridized carbons (Fsp3) is 0.200. The highest BCUT2D eigenvalue weighted by Gasteiger charge is 2.12. The van der Waals surface area contributed by atoms with Gasteiger partial charge in [-0.25, -0.2) is 13.2 Å². The van der Waals surface area contributed by atoms with Gasteiger partial charge in [-0.1, -0.05) is 12.1 Å². The molecule has 0 aliphatic heterocycles. The maximum absolute atomic E-state index is 13.7. The second-order valence-corrected chi connectivity index (χ2v) is 4.35. The largest absolute Gasteiger partial charge is 0.486 e. The molecule has 0 heterocycles. The molecule has 1 atom stereocenters. The molecule has 2 aromatic rings. The normalized spacial score (nSPS) is 12.2. The first-order chi connectivity index (χ1) is 9.49. The van der Waals surface area contributed by atoms with Crippen molar-refractivity contribution in [1.82, 2.24) is 0 Å². The first-order valence-corrected chi connectivity index (χ1v) is 6.02. The lowest BCUT2D eigenvalue weighted by atomic mass is 10.1. The molecule has 0 unspecified atom stereocenters. The van der Waals surface area contributed by atoms with E-state index in [-0.39, 0.29) is 11.3 Å². The molecule has 0 spiro atoms. The van der Waals surface area contributed by atoms with Crippen LogP contribution in [0.15, 0.2) is 36.4 Å². The van der Waals surface area contributed by atoms with E-state index in [1.54, 1.807) is 0 Å². The van der Waals surface area contributed by atoms with Gasteiger partial charge in [-0.05, 0) is 36.8 Å². The van der Waals surface area contributed by atoms with Crippen LogP contribution in [0.25, 0.3) is 0 Å². The van der Waals surface area contributed by atoms with Gasteiger partial charge in [0.25, 0.3) is 0 Å². The zero-order chi connectivity index (χ0) is 14.7. The molecule has 106 valence electrons. The minimum Gasteiger partial charge on any atom is -0.486 e. The summed E-state index contributed by atoms with van der Waals surface area (Å²) in [6.07, 6.45) is -0.803. The Bertz CT molecular complexity index is 592. The smallest absolute Gasteiger partial charge is 0.165 e. The van der Waals surface area contributed by atoms with Gasteiger partial charge in [0.05, 0.1) is 11.7 Å². The number of hydrogen-bond donors (Lipinski definition) is 1. The molecule has 2 nitrogen and oxygen atoms in total. The van der Waals surface area contributed by atoms with Crippen molar-refractivity contribution in [2.45, 2.75) is 19.6 Å². The molecule has 0 aliphatic carbocycles. The third-order valence-electron chi connectivity index (χ3n) is 2.87. The summed E-state index contributed by atoms with van der Waals surface area (Å²) in [6.45, 7) is 1.09. The Morgan fingerprint density at radius 1 is 1.05 bits per heavy atom. The van der Waals surface area contributed by atoms with Crippen molar-refractivity contribution in [2.24, 2.45) is 0 Å². The summed E-state index contributed by atoms with van der Waals surface area (Å²) < 4.78 is 45.5. The summed E-state index contributed by atoms with van der Waals surface area (Å²) in [5, 5.41) is 9.31. The lowest BCUT2D eigenvalue weighted by Crippen LogP contribution is -2.03. The zero-order valence-corrected chi connectivity index (χ0v) is 10.7. The molecule has 2 aromatic carbocycles. The van der Waals surface area contributed by atoms with Crippen LogP contribution in [0.4, 0.5) is 13.2 Å². The highest BCUT2D eigenvalue weighted by atomic mass is 19.1. The molecule has 5 heteroatoms. The molecular formula is C15H13F3O2. The van der Waals surface area contributed by atoms with Gasteiger partial charge in [0.1, 0.15) is 18.2 Å². The summed E-state index contributed by atoms with van der Waals surface area (Å²) in [5.74, 6) is -2.31. The quantitative estimate of drug-likeness (QED) is 0.925. The summed E-state index contributed by atoms with van der Waals surface area (Å²) in [6, 6.07) is 7.38. The van der Waals surface area contributed by atoms with Gasteiger partial charge in [0.15, 0.2) is 11.6 Å². The van der Waals surface area contributed by atoms with Crippen LogP contribution in [0.3, 0.4) is 0 Å². The molecule has 0 fully saturated rings. The highest BCUT2D eigenvalue weighted by molar-refractivity contribution is 5.31. The van der Waals surface area contributed by atoms with E-state index < -0.39 is 30.2 Å². The standard InChI is InChI=1S/C15H13F3O2/c1-9(19)10-5-6-15(14(18)7-10)20-8-11-12(16)3-2-4-13(11)17/h2-7,9,19H,8H2,1H3/t9-/m1/s1. The van der Waals surface area contributed by atoms with Crippen LogP contribution >= 0.6 is 0 Å². The van der Waals surface area contributed by atoms with Crippen LogP contribution in [0, 0.1) is 17.5 Å². The number of hydrogen-bond acceptors (Lipinski definition) is 2. The lowest BCUT2D eigenvalue weighted by Gasteiger charge is -2.11. The molecule has 0 aliphatic rings. The first-order valence-electron chi connectivity index (χ1n) is 6.02. The molecule has 0 radical (unpaired) electrons. The molecule has 0 saturated carbocycles. The van der Waals surface area contributed by atoms with Crippen LogP contribution in [0.2, 0.25) is 0 Å². The topological polar surface area (TPSA) is 29.5 Å². The van der Waals surface area contributed by atoms with Crippen LogP contribution in [-0.2, 0) is 6.61 Å². The summed E-state index contributed by atoms with van der Waals surface area (Å²) in [5.41, 5.74) is 0.137. The summed E-state index contributed by atoms with van der Waals surface area (Å²) >= 11 is 0. The fourth-order valence-corrected chi connectivity index (χ4v) is 1.71. The van der Waals surface area contributed by atoms with Crippen LogP contribution < -0.4 is 4.74 Å². The molecule has 1 N–H and O–H groups in total. The van der Waals surface area contributed by atoms with Crippen LogP contribution in [-0.4, -0.2) is 5.11 Å². The number of ether oxygens (including phenoxy) is 1. The van der Waals surface area contributed by atoms with Gasteiger partial charge in [0, 0.05) is 0 Å². The zero-order valence-electron chi connectivity index (χ0n) is 10.7. The summed E-state index contributed by atoms with van der Waals surface area (Å²) in [7, 11) is 0. The lowest BCUT2D eigenvalue weighted by molar-refractivity contribution is 0.198. The number of aliphatic hydroxyl groups excluding tert-OH is 1. The average molecular weight is 282 g/mol. The van der Waals surface area contributed by atoms with Gasteiger partial charge in [-0.3, -0.25) is 0 Å². The first kappa shape index (κ1) is 14.4.